The van der Waals surface area contributed by atoms with Crippen LogP contribution in [0.4, 0.5) is 5.69 Å². The number of nitrogens with zero attached hydrogens (tertiary/aromatic N) is 4. The van der Waals surface area contributed by atoms with Crippen LogP contribution in [-0.2, 0) is 30.0 Å². The van der Waals surface area contributed by atoms with E-state index in [-0.39, 0.29) is 5.56 Å². The Labute approximate surface area is 176 Å². The van der Waals surface area contributed by atoms with Gasteiger partial charge in [0, 0.05) is 32.4 Å². The molecule has 1 aliphatic rings. The number of hydrogen-bond acceptors (Lipinski definition) is 5. The van der Waals surface area contributed by atoms with E-state index in [0.29, 0.717) is 41.3 Å². The summed E-state index contributed by atoms with van der Waals surface area (Å²) in [7, 11) is -1.73. The highest BCUT2D eigenvalue weighted by Gasteiger charge is 2.26. The third-order valence-electron chi connectivity index (χ3n) is 5.79. The highest BCUT2D eigenvalue weighted by atomic mass is 32.2. The van der Waals surface area contributed by atoms with Gasteiger partial charge in [0.25, 0.3) is 5.56 Å². The van der Waals surface area contributed by atoms with Crippen molar-refractivity contribution in [3.8, 4) is 0 Å². The number of anilines is 1. The zero-order chi connectivity index (χ0) is 21.5. The molecule has 0 saturated heterocycles. The van der Waals surface area contributed by atoms with Gasteiger partial charge in [0.1, 0.15) is 5.82 Å². The van der Waals surface area contributed by atoms with E-state index in [1.807, 2.05) is 38.1 Å². The topological polar surface area (TPSA) is 75.5 Å². The maximum Gasteiger partial charge on any atom is 0.261 e. The van der Waals surface area contributed by atoms with Crippen LogP contribution in [0.3, 0.4) is 0 Å². The van der Waals surface area contributed by atoms with E-state index >= 15 is 0 Å². The maximum atomic E-state index is 12.8. The van der Waals surface area contributed by atoms with Gasteiger partial charge in [-0.2, -0.15) is 4.31 Å². The molecular formula is C22H26N4O3S. The van der Waals surface area contributed by atoms with Crippen LogP contribution in [0.1, 0.15) is 25.2 Å². The Kier molecular flexibility index (Phi) is 5.38. The van der Waals surface area contributed by atoms with Crippen LogP contribution in [0, 0.1) is 0 Å². The van der Waals surface area contributed by atoms with Gasteiger partial charge in [-0.3, -0.25) is 9.36 Å². The number of hydrogen-bond donors (Lipinski definition) is 0. The first-order chi connectivity index (χ1) is 14.4. The minimum absolute atomic E-state index is 0.0596. The molecule has 1 aliphatic heterocycles. The lowest BCUT2D eigenvalue weighted by atomic mass is 10.2. The first-order valence-electron chi connectivity index (χ1n) is 10.2. The van der Waals surface area contributed by atoms with Gasteiger partial charge in [-0.15, -0.1) is 0 Å². The van der Waals surface area contributed by atoms with E-state index in [1.54, 1.807) is 29.8 Å². The van der Waals surface area contributed by atoms with Crippen LogP contribution in [0.25, 0.3) is 10.9 Å². The molecule has 0 atom stereocenters. The van der Waals surface area contributed by atoms with Gasteiger partial charge in [-0.1, -0.05) is 26.0 Å². The Bertz CT molecular complexity index is 1260. The Morgan fingerprint density at radius 3 is 2.57 bits per heavy atom. The van der Waals surface area contributed by atoms with Crippen molar-refractivity contribution in [2.24, 2.45) is 7.05 Å². The van der Waals surface area contributed by atoms with Crippen molar-refractivity contribution < 1.29 is 8.42 Å². The first kappa shape index (κ1) is 20.6. The van der Waals surface area contributed by atoms with Crippen molar-refractivity contribution in [2.45, 2.75) is 31.7 Å². The molecule has 0 unspecified atom stereocenters. The van der Waals surface area contributed by atoms with Crippen molar-refractivity contribution in [3.05, 3.63) is 64.2 Å². The van der Waals surface area contributed by atoms with Gasteiger partial charge in [0.2, 0.25) is 10.0 Å². The Balaban J connectivity index is 1.66. The third-order valence-corrected chi connectivity index (χ3v) is 7.84. The van der Waals surface area contributed by atoms with Gasteiger partial charge in [0.05, 0.1) is 22.3 Å². The van der Waals surface area contributed by atoms with Gasteiger partial charge >= 0.3 is 0 Å². The van der Waals surface area contributed by atoms with Crippen molar-refractivity contribution in [3.63, 3.8) is 0 Å². The van der Waals surface area contributed by atoms with Gasteiger partial charge in [0.15, 0.2) is 0 Å². The third kappa shape index (κ3) is 3.40. The number of fused-ring (bicyclic) bond motifs is 2. The molecular weight excluding hydrogens is 400 g/mol. The summed E-state index contributed by atoms with van der Waals surface area (Å²) >= 11 is 0. The van der Waals surface area contributed by atoms with Gasteiger partial charge in [-0.25, -0.2) is 13.4 Å². The number of para-hydroxylation sites is 1. The van der Waals surface area contributed by atoms with E-state index in [0.717, 1.165) is 24.2 Å². The number of sulfonamides is 1. The summed E-state index contributed by atoms with van der Waals surface area (Å²) in [5.74, 6) is 0.686. The van der Waals surface area contributed by atoms with E-state index in [2.05, 4.69) is 4.90 Å². The molecule has 0 saturated carbocycles. The summed E-state index contributed by atoms with van der Waals surface area (Å²) < 4.78 is 28.7. The van der Waals surface area contributed by atoms with E-state index in [9.17, 15) is 13.2 Å². The van der Waals surface area contributed by atoms with Crippen LogP contribution in [0.5, 0.6) is 0 Å². The minimum Gasteiger partial charge on any atom is -0.363 e. The van der Waals surface area contributed by atoms with Crippen molar-refractivity contribution >= 4 is 26.6 Å². The molecule has 30 heavy (non-hydrogen) atoms. The van der Waals surface area contributed by atoms with Crippen LogP contribution < -0.4 is 10.5 Å². The monoisotopic (exact) mass is 426 g/mol. The Hall–Kier alpha value is -2.71. The van der Waals surface area contributed by atoms with E-state index in [4.69, 9.17) is 4.98 Å². The fourth-order valence-corrected chi connectivity index (χ4v) is 5.57. The molecule has 3 aromatic rings. The summed E-state index contributed by atoms with van der Waals surface area (Å²) in [5, 5.41) is 0.608. The summed E-state index contributed by atoms with van der Waals surface area (Å²) in [4.78, 5) is 19.9. The van der Waals surface area contributed by atoms with Crippen LogP contribution in [0.2, 0.25) is 0 Å². The average molecular weight is 427 g/mol. The van der Waals surface area contributed by atoms with Crippen LogP contribution in [0.15, 0.2) is 52.2 Å². The molecule has 2 heterocycles. The molecule has 7 nitrogen and oxygen atoms in total. The van der Waals surface area contributed by atoms with Gasteiger partial charge < -0.3 is 4.90 Å². The normalized spacial score (nSPS) is 13.9. The molecule has 8 heteroatoms. The summed E-state index contributed by atoms with van der Waals surface area (Å²) in [6.07, 6.45) is 0.762. The molecule has 158 valence electrons. The maximum absolute atomic E-state index is 12.8. The molecule has 4 rings (SSSR count). The lowest BCUT2D eigenvalue weighted by molar-refractivity contribution is 0.445. The Morgan fingerprint density at radius 2 is 1.83 bits per heavy atom. The predicted octanol–water partition coefficient (Wildman–Crippen LogP) is 2.53. The standard InChI is InChI=1S/C22H26N4O3S/c1-4-26(5-2)30(28,29)17-10-11-20-16(14-17)12-13-25(20)15-21-23-19-9-7-6-8-18(19)22(27)24(21)3/h6-11,14H,4-5,12-13,15H2,1-3H3. The van der Waals surface area contributed by atoms with E-state index in [1.165, 1.54) is 4.31 Å². The quantitative estimate of drug-likeness (QED) is 0.605. The second kappa shape index (κ2) is 7.85. The molecule has 0 spiro atoms. The molecule has 0 radical (unpaired) electrons. The fraction of sp³-hybridized carbons (Fsp3) is 0.364. The SMILES string of the molecule is CCN(CC)S(=O)(=O)c1ccc2c(c1)CCN2Cc1nc2ccccc2c(=O)n1C. The molecule has 0 bridgehead atoms. The molecule has 0 fully saturated rings. The molecule has 0 N–H and O–H groups in total. The van der Waals surface area contributed by atoms with Crippen molar-refractivity contribution in [2.75, 3.05) is 24.5 Å². The van der Waals surface area contributed by atoms with Crippen molar-refractivity contribution in [1.29, 1.82) is 0 Å². The summed E-state index contributed by atoms with van der Waals surface area (Å²) in [6, 6.07) is 12.7. The zero-order valence-corrected chi connectivity index (χ0v) is 18.3. The average Bonchev–Trinajstić information content (AvgIpc) is 3.14. The molecule has 0 amide bonds. The van der Waals surface area contributed by atoms with Crippen LogP contribution in [-0.4, -0.2) is 41.9 Å². The number of benzene rings is 2. The lowest BCUT2D eigenvalue weighted by Crippen LogP contribution is -2.30. The molecule has 0 aliphatic carbocycles. The second-order valence-electron chi connectivity index (χ2n) is 7.46. The Morgan fingerprint density at radius 1 is 1.10 bits per heavy atom. The molecule has 2 aromatic carbocycles. The smallest absolute Gasteiger partial charge is 0.261 e. The van der Waals surface area contributed by atoms with Crippen LogP contribution >= 0.6 is 0 Å². The second-order valence-corrected chi connectivity index (χ2v) is 9.40. The van der Waals surface area contributed by atoms with Gasteiger partial charge in [-0.05, 0) is 42.3 Å². The zero-order valence-electron chi connectivity index (χ0n) is 17.5. The number of aromatic nitrogens is 2. The largest absolute Gasteiger partial charge is 0.363 e. The highest BCUT2D eigenvalue weighted by Crippen LogP contribution is 2.32. The molecule has 1 aromatic heterocycles. The van der Waals surface area contributed by atoms with Crippen molar-refractivity contribution in [1.82, 2.24) is 13.9 Å². The fourth-order valence-electron chi connectivity index (χ4n) is 4.06. The highest BCUT2D eigenvalue weighted by molar-refractivity contribution is 7.89. The van der Waals surface area contributed by atoms with E-state index < -0.39 is 10.0 Å². The summed E-state index contributed by atoms with van der Waals surface area (Å²) in [6.45, 7) is 5.83. The number of rotatable bonds is 6. The summed E-state index contributed by atoms with van der Waals surface area (Å²) in [5.41, 5.74) is 2.64. The predicted molar refractivity (Wildman–Crippen MR) is 118 cm³/mol. The minimum atomic E-state index is -3.48. The first-order valence-corrected chi connectivity index (χ1v) is 11.6. The lowest BCUT2D eigenvalue weighted by Gasteiger charge is -2.22.